The van der Waals surface area contributed by atoms with Gasteiger partial charge in [-0.1, -0.05) is 18.2 Å². The van der Waals surface area contributed by atoms with E-state index in [1.807, 2.05) is 0 Å². The molecule has 0 atom stereocenters. The van der Waals surface area contributed by atoms with Crippen molar-refractivity contribution in [2.75, 3.05) is 29.9 Å². The van der Waals surface area contributed by atoms with Gasteiger partial charge in [-0.15, -0.1) is 0 Å². The third-order valence-corrected chi connectivity index (χ3v) is 4.90. The van der Waals surface area contributed by atoms with Gasteiger partial charge in [0.1, 0.15) is 5.82 Å². The molecule has 0 saturated heterocycles. The number of fused-ring (bicyclic) bond motifs is 1. The number of anilines is 2. The van der Waals surface area contributed by atoms with E-state index in [4.69, 9.17) is 4.98 Å². The summed E-state index contributed by atoms with van der Waals surface area (Å²) in [4.78, 5) is 9.45. The van der Waals surface area contributed by atoms with Crippen molar-refractivity contribution in [2.24, 2.45) is 0 Å². The number of benzene rings is 1. The first-order valence-electron chi connectivity index (χ1n) is 7.19. The summed E-state index contributed by atoms with van der Waals surface area (Å²) in [7, 11) is 2.16. The molecule has 5 heteroatoms. The monoisotopic (exact) mass is 286 g/mol. The standard InChI is InChI=1S/C15H18N4S/c1-18-8-9-19(10-12-4-2-3-5-13(12)18)15-16-14(17-20-15)11-6-7-11/h2-5,11H,6-10H2,1H3. The van der Waals surface area contributed by atoms with Crippen LogP contribution in [0.4, 0.5) is 10.8 Å². The first-order valence-corrected chi connectivity index (χ1v) is 7.96. The van der Waals surface area contributed by atoms with Crippen molar-refractivity contribution < 1.29 is 0 Å². The molecule has 1 fully saturated rings. The second-order valence-electron chi connectivity index (χ2n) is 5.68. The fourth-order valence-electron chi connectivity index (χ4n) is 2.72. The summed E-state index contributed by atoms with van der Waals surface area (Å²) in [6.07, 6.45) is 2.53. The molecule has 0 amide bonds. The molecule has 1 aromatic heterocycles. The fourth-order valence-corrected chi connectivity index (χ4v) is 3.49. The molecule has 0 spiro atoms. The highest BCUT2D eigenvalue weighted by Gasteiger charge is 2.29. The van der Waals surface area contributed by atoms with Gasteiger partial charge in [0.25, 0.3) is 0 Å². The molecule has 0 N–H and O–H groups in total. The lowest BCUT2D eigenvalue weighted by atomic mass is 10.1. The maximum Gasteiger partial charge on any atom is 0.205 e. The molecule has 1 aliphatic carbocycles. The van der Waals surface area contributed by atoms with E-state index >= 15 is 0 Å². The summed E-state index contributed by atoms with van der Waals surface area (Å²) in [6.45, 7) is 2.96. The minimum Gasteiger partial charge on any atom is -0.373 e. The summed E-state index contributed by atoms with van der Waals surface area (Å²) >= 11 is 1.56. The predicted octanol–water partition coefficient (Wildman–Crippen LogP) is 2.87. The SMILES string of the molecule is CN1CCN(c2nc(C3CC3)ns2)Cc2ccccc21. The van der Waals surface area contributed by atoms with Crippen LogP contribution in [0.1, 0.15) is 30.1 Å². The molecule has 2 aromatic rings. The molecule has 0 unspecified atom stereocenters. The van der Waals surface area contributed by atoms with Gasteiger partial charge in [0.05, 0.1) is 0 Å². The lowest BCUT2D eigenvalue weighted by Crippen LogP contribution is -2.29. The smallest absolute Gasteiger partial charge is 0.205 e. The summed E-state index contributed by atoms with van der Waals surface area (Å²) in [6, 6.07) is 8.65. The average molecular weight is 286 g/mol. The third kappa shape index (κ3) is 2.16. The summed E-state index contributed by atoms with van der Waals surface area (Å²) in [5, 5.41) is 1.08. The quantitative estimate of drug-likeness (QED) is 0.850. The highest BCUT2D eigenvalue weighted by molar-refractivity contribution is 7.09. The van der Waals surface area contributed by atoms with Gasteiger partial charge in [0.2, 0.25) is 5.13 Å². The highest BCUT2D eigenvalue weighted by Crippen LogP contribution is 2.40. The topological polar surface area (TPSA) is 32.3 Å². The van der Waals surface area contributed by atoms with Crippen LogP contribution < -0.4 is 9.80 Å². The lowest BCUT2D eigenvalue weighted by molar-refractivity contribution is 0.790. The van der Waals surface area contributed by atoms with Gasteiger partial charge in [-0.25, -0.2) is 4.98 Å². The zero-order valence-corrected chi connectivity index (χ0v) is 12.4. The second-order valence-corrected chi connectivity index (χ2v) is 6.41. The number of aromatic nitrogens is 2. The summed E-state index contributed by atoms with van der Waals surface area (Å²) in [5.74, 6) is 1.71. The Hall–Kier alpha value is -1.62. The van der Waals surface area contributed by atoms with E-state index in [-0.39, 0.29) is 0 Å². The largest absolute Gasteiger partial charge is 0.373 e. The zero-order chi connectivity index (χ0) is 13.5. The van der Waals surface area contributed by atoms with Crippen molar-refractivity contribution in [1.82, 2.24) is 9.36 Å². The molecule has 0 bridgehead atoms. The second kappa shape index (κ2) is 4.74. The van der Waals surface area contributed by atoms with Gasteiger partial charge >= 0.3 is 0 Å². The molecular weight excluding hydrogens is 268 g/mol. The first kappa shape index (κ1) is 12.1. The van der Waals surface area contributed by atoms with Crippen LogP contribution in [-0.4, -0.2) is 29.5 Å². The summed E-state index contributed by atoms with van der Waals surface area (Å²) < 4.78 is 4.53. The van der Waals surface area contributed by atoms with E-state index in [0.29, 0.717) is 5.92 Å². The van der Waals surface area contributed by atoms with Crippen LogP contribution in [0.3, 0.4) is 0 Å². The molecule has 1 aliphatic heterocycles. The molecule has 2 aliphatic rings. The highest BCUT2D eigenvalue weighted by atomic mass is 32.1. The van der Waals surface area contributed by atoms with E-state index in [2.05, 4.69) is 45.5 Å². The Morgan fingerprint density at radius 1 is 1.20 bits per heavy atom. The van der Waals surface area contributed by atoms with E-state index in [1.165, 1.54) is 24.1 Å². The normalized spacial score (nSPS) is 18.9. The van der Waals surface area contributed by atoms with Crippen molar-refractivity contribution in [2.45, 2.75) is 25.3 Å². The van der Waals surface area contributed by atoms with Crippen molar-refractivity contribution in [1.29, 1.82) is 0 Å². The Balaban J connectivity index is 1.62. The van der Waals surface area contributed by atoms with E-state index in [0.717, 1.165) is 30.6 Å². The van der Waals surface area contributed by atoms with Crippen LogP contribution in [-0.2, 0) is 6.54 Å². The third-order valence-electron chi connectivity index (χ3n) is 4.11. The maximum atomic E-state index is 4.75. The van der Waals surface area contributed by atoms with Crippen LogP contribution in [0.5, 0.6) is 0 Å². The molecule has 1 saturated carbocycles. The van der Waals surface area contributed by atoms with Crippen molar-refractivity contribution in [3.63, 3.8) is 0 Å². The number of hydrogen-bond donors (Lipinski definition) is 0. The van der Waals surface area contributed by atoms with Gasteiger partial charge in [0, 0.05) is 49.8 Å². The Kier molecular flexibility index (Phi) is 2.88. The molecule has 0 radical (unpaired) electrons. The molecule has 2 heterocycles. The number of nitrogens with zero attached hydrogens (tertiary/aromatic N) is 4. The molecule has 4 nitrogen and oxygen atoms in total. The first-order chi connectivity index (χ1) is 9.81. The van der Waals surface area contributed by atoms with Crippen LogP contribution >= 0.6 is 11.5 Å². The molecule has 1 aromatic carbocycles. The molecular formula is C15H18N4S. The van der Waals surface area contributed by atoms with Gasteiger partial charge in [-0.2, -0.15) is 4.37 Å². The number of para-hydroxylation sites is 1. The van der Waals surface area contributed by atoms with E-state index in [1.54, 1.807) is 11.5 Å². The van der Waals surface area contributed by atoms with Gasteiger partial charge < -0.3 is 9.80 Å². The fraction of sp³-hybridized carbons (Fsp3) is 0.467. The minimum atomic E-state index is 0.641. The molecule has 20 heavy (non-hydrogen) atoms. The van der Waals surface area contributed by atoms with Gasteiger partial charge in [-0.05, 0) is 24.5 Å². The number of hydrogen-bond acceptors (Lipinski definition) is 5. The maximum absolute atomic E-state index is 4.75. The zero-order valence-electron chi connectivity index (χ0n) is 11.6. The van der Waals surface area contributed by atoms with Crippen LogP contribution in [0, 0.1) is 0 Å². The molecule has 4 rings (SSSR count). The van der Waals surface area contributed by atoms with Crippen LogP contribution in [0.25, 0.3) is 0 Å². The van der Waals surface area contributed by atoms with Gasteiger partial charge in [0.15, 0.2) is 0 Å². The van der Waals surface area contributed by atoms with Crippen molar-refractivity contribution in [3.05, 3.63) is 35.7 Å². The average Bonchev–Trinajstić information content (AvgIpc) is 3.24. The predicted molar refractivity (Wildman–Crippen MR) is 82.6 cm³/mol. The number of rotatable bonds is 2. The molecule has 104 valence electrons. The van der Waals surface area contributed by atoms with Crippen molar-refractivity contribution in [3.8, 4) is 0 Å². The Morgan fingerprint density at radius 3 is 2.90 bits per heavy atom. The van der Waals surface area contributed by atoms with Crippen molar-refractivity contribution >= 4 is 22.4 Å². The van der Waals surface area contributed by atoms with E-state index < -0.39 is 0 Å². The van der Waals surface area contributed by atoms with Crippen LogP contribution in [0.15, 0.2) is 24.3 Å². The minimum absolute atomic E-state index is 0.641. The van der Waals surface area contributed by atoms with E-state index in [9.17, 15) is 0 Å². The van der Waals surface area contributed by atoms with Crippen LogP contribution in [0.2, 0.25) is 0 Å². The Bertz CT molecular complexity index is 620. The lowest BCUT2D eigenvalue weighted by Gasteiger charge is -2.19. The Labute approximate surface area is 123 Å². The Morgan fingerprint density at radius 2 is 2.05 bits per heavy atom. The summed E-state index contributed by atoms with van der Waals surface area (Å²) in [5.41, 5.74) is 2.71. The van der Waals surface area contributed by atoms with Gasteiger partial charge in [-0.3, -0.25) is 0 Å². The number of likely N-dealkylation sites (N-methyl/N-ethyl adjacent to an activating group) is 1.